The highest BCUT2D eigenvalue weighted by Crippen LogP contribution is 2.47. The summed E-state index contributed by atoms with van der Waals surface area (Å²) in [5, 5.41) is 6.57. The Hall–Kier alpha value is -4.48. The van der Waals surface area contributed by atoms with Gasteiger partial charge in [-0.25, -0.2) is 18.2 Å². The number of carbonyl (C=O) groups excluding carboxylic acids is 4. The van der Waals surface area contributed by atoms with Gasteiger partial charge in [0.25, 0.3) is 5.91 Å². The predicted molar refractivity (Wildman–Crippen MR) is 234 cm³/mol. The van der Waals surface area contributed by atoms with E-state index in [1.54, 1.807) is 6.92 Å². The number of hydrogen-bond donors (Lipinski definition) is 3. The van der Waals surface area contributed by atoms with Crippen molar-refractivity contribution in [2.75, 3.05) is 46.0 Å². The second kappa shape index (κ2) is 17.8. The molecule has 2 saturated heterocycles. The maximum Gasteiger partial charge on any atom is 0.408 e. The molecule has 5 fully saturated rings. The zero-order chi connectivity index (χ0) is 44.7. The summed E-state index contributed by atoms with van der Waals surface area (Å²) in [6.07, 6.45) is 6.69. The van der Waals surface area contributed by atoms with Gasteiger partial charge in [0, 0.05) is 37.4 Å². The number of carbonyl (C=O) groups is 4. The molecule has 7 atom stereocenters. The number of nitrogens with one attached hydrogen (secondary N) is 3. The van der Waals surface area contributed by atoms with Crippen LogP contribution in [0, 0.1) is 17.3 Å². The van der Waals surface area contributed by atoms with Gasteiger partial charge in [0.1, 0.15) is 35.6 Å². The lowest BCUT2D eigenvalue weighted by Gasteiger charge is -2.35. The highest BCUT2D eigenvalue weighted by Gasteiger charge is 2.63. The fourth-order valence-electron chi connectivity index (χ4n) is 9.28. The smallest absolute Gasteiger partial charge is 0.408 e. The number of fused-ring (bicyclic) bond motifs is 5. The summed E-state index contributed by atoms with van der Waals surface area (Å²) in [7, 11) is -4.01. The van der Waals surface area contributed by atoms with Gasteiger partial charge < -0.3 is 34.5 Å². The van der Waals surface area contributed by atoms with Gasteiger partial charge >= 0.3 is 6.09 Å². The van der Waals surface area contributed by atoms with Crippen molar-refractivity contribution in [3.8, 4) is 11.6 Å². The number of ether oxygens (including phenoxy) is 4. The molecule has 4 amide bonds. The fourth-order valence-corrected chi connectivity index (χ4v) is 10.6. The lowest BCUT2D eigenvalue weighted by molar-refractivity contribution is -0.142. The third kappa shape index (κ3) is 9.80. The molecule has 2 bridgehead atoms. The van der Waals surface area contributed by atoms with Crippen molar-refractivity contribution in [2.45, 2.75) is 133 Å². The number of nitrogens with zero attached hydrogens (tertiary/aromatic N) is 3. The van der Waals surface area contributed by atoms with Crippen molar-refractivity contribution in [1.82, 2.24) is 30.1 Å². The summed E-state index contributed by atoms with van der Waals surface area (Å²) >= 11 is 0. The van der Waals surface area contributed by atoms with Crippen molar-refractivity contribution in [3.63, 3.8) is 0 Å². The van der Waals surface area contributed by atoms with Crippen LogP contribution in [0.4, 0.5) is 4.79 Å². The van der Waals surface area contributed by atoms with Crippen molar-refractivity contribution >= 4 is 44.7 Å². The summed E-state index contributed by atoms with van der Waals surface area (Å²) in [5.74, 6) is -1.22. The molecule has 3 saturated carbocycles. The molecule has 0 unspecified atom stereocenters. The lowest BCUT2D eigenvalue weighted by Crippen LogP contribution is -2.60. The maximum absolute atomic E-state index is 14.9. The molecule has 8 rings (SSSR count). The first kappa shape index (κ1) is 45.1. The number of amides is 4. The van der Waals surface area contributed by atoms with Gasteiger partial charge in [0.2, 0.25) is 27.7 Å². The standard InChI is InChI=1S/C46H64N6O10S/c1-6-30-27-46(30,42(55)50-63(57,58)45(5)17-18-45)49-39(53)35-26-31-28-52(35)41(54)38(44(2,3)4)48-43(56)62-36-25-29(36)13-8-7-9-15-33-37(60-22-12-19-51-20-23-59-24-21-51)32-14-10-11-16-34(32)47-40(33)61-31/h6,10-11,14,16,29-31,35-36,38H,1,7-9,12-13,15,17-28H2,2-5H3,(H,48,56)(H,49,53)(H,50,55)/t29-,30-,31-,35+,36-,38-,46-/m1/s1. The SMILES string of the molecule is C=C[C@@H]1C[C@]1(NC(=O)[C@@H]1C[C@@H]2CN1C(=O)[C@H](C(C)(C)C)NC(=O)O[C@@H]1C[C@H]1CCCCCc1c(nc3ccccc3c1OCCCN1CCOCC1)O2)C(=O)NS(=O)(=O)C1(C)CC1. The Morgan fingerprint density at radius 2 is 1.84 bits per heavy atom. The maximum atomic E-state index is 14.9. The van der Waals surface area contributed by atoms with E-state index in [9.17, 15) is 27.6 Å². The zero-order valence-corrected chi connectivity index (χ0v) is 37.9. The second-order valence-electron chi connectivity index (χ2n) is 19.8. The number of hydrogen-bond acceptors (Lipinski definition) is 12. The molecular formula is C46H64N6O10S. The first-order chi connectivity index (χ1) is 30.0. The van der Waals surface area contributed by atoms with E-state index in [-0.39, 0.29) is 31.4 Å². The Balaban J connectivity index is 1.11. The van der Waals surface area contributed by atoms with Crippen molar-refractivity contribution in [3.05, 3.63) is 42.5 Å². The van der Waals surface area contributed by atoms with Gasteiger partial charge in [0.15, 0.2) is 0 Å². The van der Waals surface area contributed by atoms with Crippen LogP contribution in [0.15, 0.2) is 36.9 Å². The molecule has 344 valence electrons. The van der Waals surface area contributed by atoms with Crippen LogP contribution < -0.4 is 24.8 Å². The van der Waals surface area contributed by atoms with E-state index in [0.717, 1.165) is 82.3 Å². The molecule has 1 aromatic carbocycles. The summed E-state index contributed by atoms with van der Waals surface area (Å²) in [6.45, 7) is 15.5. The van der Waals surface area contributed by atoms with E-state index in [4.69, 9.17) is 23.9 Å². The van der Waals surface area contributed by atoms with Gasteiger partial charge in [-0.15, -0.1) is 6.58 Å². The van der Waals surface area contributed by atoms with Crippen LogP contribution in [0.3, 0.4) is 0 Å². The Labute approximate surface area is 370 Å². The van der Waals surface area contributed by atoms with E-state index in [1.807, 2.05) is 45.0 Å². The molecule has 3 aliphatic heterocycles. The quantitative estimate of drug-likeness (QED) is 0.213. The van der Waals surface area contributed by atoms with Crippen LogP contribution in [-0.4, -0.2) is 128 Å². The minimum absolute atomic E-state index is 0.0269. The van der Waals surface area contributed by atoms with Crippen LogP contribution in [0.2, 0.25) is 0 Å². The highest BCUT2D eigenvalue weighted by molar-refractivity contribution is 7.91. The third-order valence-electron chi connectivity index (χ3n) is 13.9. The number of alkyl carbamates (subject to hydrolysis) is 1. The molecule has 16 nitrogen and oxygen atoms in total. The van der Waals surface area contributed by atoms with Crippen LogP contribution in [0.25, 0.3) is 10.9 Å². The zero-order valence-electron chi connectivity index (χ0n) is 37.1. The van der Waals surface area contributed by atoms with Crippen LogP contribution >= 0.6 is 0 Å². The second-order valence-corrected chi connectivity index (χ2v) is 22.0. The van der Waals surface area contributed by atoms with Gasteiger partial charge in [-0.1, -0.05) is 51.8 Å². The number of rotatable bonds is 11. The van der Waals surface area contributed by atoms with E-state index in [0.29, 0.717) is 43.0 Å². The summed E-state index contributed by atoms with van der Waals surface area (Å²) in [6, 6.07) is 5.54. The number of pyridine rings is 1. The third-order valence-corrected chi connectivity index (χ3v) is 16.0. The summed E-state index contributed by atoms with van der Waals surface area (Å²) in [5.41, 5.74) is -0.874. The van der Waals surface area contributed by atoms with Gasteiger partial charge in [-0.3, -0.25) is 24.0 Å². The predicted octanol–water partition coefficient (Wildman–Crippen LogP) is 4.39. The van der Waals surface area contributed by atoms with Crippen LogP contribution in [0.5, 0.6) is 11.6 Å². The Morgan fingerprint density at radius 1 is 1.08 bits per heavy atom. The molecule has 3 N–H and O–H groups in total. The molecule has 0 radical (unpaired) electrons. The molecule has 0 spiro atoms. The molecular weight excluding hydrogens is 829 g/mol. The summed E-state index contributed by atoms with van der Waals surface area (Å²) in [4.78, 5) is 65.6. The first-order valence-electron chi connectivity index (χ1n) is 22.8. The number of sulfonamides is 1. The van der Waals surface area contributed by atoms with Gasteiger partial charge in [0.05, 0.1) is 42.2 Å². The number of benzene rings is 1. The highest BCUT2D eigenvalue weighted by atomic mass is 32.2. The number of para-hydroxylation sites is 1. The Bertz CT molecular complexity index is 2200. The Kier molecular flexibility index (Phi) is 12.8. The van der Waals surface area contributed by atoms with Crippen LogP contribution in [0.1, 0.15) is 97.5 Å². The number of aromatic nitrogens is 1. The van der Waals surface area contributed by atoms with E-state index in [1.165, 1.54) is 11.0 Å². The average Bonchev–Trinajstić information content (AvgIpc) is 4.21. The van der Waals surface area contributed by atoms with Crippen molar-refractivity contribution in [2.24, 2.45) is 17.3 Å². The van der Waals surface area contributed by atoms with Crippen molar-refractivity contribution in [1.29, 1.82) is 0 Å². The van der Waals surface area contributed by atoms with Gasteiger partial charge in [-0.2, -0.15) is 0 Å². The first-order valence-corrected chi connectivity index (χ1v) is 24.3. The normalized spacial score (nSPS) is 29.9. The molecule has 63 heavy (non-hydrogen) atoms. The monoisotopic (exact) mass is 892 g/mol. The molecule has 6 aliphatic rings. The van der Waals surface area contributed by atoms with E-state index < -0.39 is 73.6 Å². The minimum Gasteiger partial charge on any atom is -0.492 e. The minimum atomic E-state index is -4.01. The van der Waals surface area contributed by atoms with Crippen molar-refractivity contribution < 1.29 is 46.5 Å². The van der Waals surface area contributed by atoms with Crippen LogP contribution in [-0.2, 0) is 40.3 Å². The molecule has 4 heterocycles. The topological polar surface area (TPSA) is 195 Å². The average molecular weight is 893 g/mol. The number of morpholine rings is 1. The largest absolute Gasteiger partial charge is 0.492 e. The lowest BCUT2D eigenvalue weighted by atomic mass is 9.85. The Morgan fingerprint density at radius 3 is 2.56 bits per heavy atom. The summed E-state index contributed by atoms with van der Waals surface area (Å²) < 4.78 is 52.4. The molecule has 17 heteroatoms. The van der Waals surface area contributed by atoms with Gasteiger partial charge in [-0.05, 0) is 81.8 Å². The van der Waals surface area contributed by atoms with E-state index >= 15 is 0 Å². The molecule has 3 aliphatic carbocycles. The molecule has 1 aromatic heterocycles. The molecule has 2 aromatic rings. The fraction of sp³-hybridized carbons (Fsp3) is 0.674. The van der Waals surface area contributed by atoms with E-state index in [2.05, 4.69) is 26.8 Å².